The van der Waals surface area contributed by atoms with E-state index in [1.807, 2.05) is 0 Å². The molecular formula is C22H19F4N5O2S. The van der Waals surface area contributed by atoms with E-state index < -0.39 is 58.3 Å². The predicted octanol–water partition coefficient (Wildman–Crippen LogP) is 3.78. The Morgan fingerprint density at radius 3 is 2.47 bits per heavy atom. The monoisotopic (exact) mass is 493 g/mol. The first-order valence-electron chi connectivity index (χ1n) is 9.62. The zero-order chi connectivity index (χ0) is 25.2. The molecule has 3 aromatic carbocycles. The Morgan fingerprint density at radius 1 is 1.12 bits per heavy atom. The molecule has 0 radical (unpaired) electrons. The number of hydrogen-bond donors (Lipinski definition) is 6. The molecule has 0 bridgehead atoms. The highest BCUT2D eigenvalue weighted by Gasteiger charge is 2.24. The highest BCUT2D eigenvalue weighted by atomic mass is 32.1. The summed E-state index contributed by atoms with van der Waals surface area (Å²) in [6.45, 7) is -0.449. The molecule has 0 fully saturated rings. The van der Waals surface area contributed by atoms with E-state index in [4.69, 9.17) is 11.1 Å². The second-order valence-corrected chi connectivity index (χ2v) is 7.43. The van der Waals surface area contributed by atoms with Crippen LogP contribution in [0.1, 0.15) is 11.1 Å². The summed E-state index contributed by atoms with van der Waals surface area (Å²) in [6, 6.07) is 7.56. The van der Waals surface area contributed by atoms with Crippen molar-refractivity contribution >= 4 is 41.5 Å². The minimum atomic E-state index is -1.22. The van der Waals surface area contributed by atoms with Crippen LogP contribution >= 0.6 is 12.8 Å². The summed E-state index contributed by atoms with van der Waals surface area (Å²) in [7, 11) is 1.28. The maximum atomic E-state index is 15.3. The summed E-state index contributed by atoms with van der Waals surface area (Å²) in [6.07, 6.45) is 0. The quantitative estimate of drug-likeness (QED) is 0.0986. The van der Waals surface area contributed by atoms with Crippen LogP contribution in [0.3, 0.4) is 0 Å². The highest BCUT2D eigenvalue weighted by Crippen LogP contribution is 2.36. The van der Waals surface area contributed by atoms with Gasteiger partial charge in [-0.05, 0) is 48.7 Å². The van der Waals surface area contributed by atoms with Crippen molar-refractivity contribution in [1.82, 2.24) is 5.32 Å². The maximum absolute atomic E-state index is 15.3. The molecule has 178 valence electrons. The average molecular weight is 493 g/mol. The van der Waals surface area contributed by atoms with Crippen LogP contribution in [0.5, 0.6) is 0 Å². The average Bonchev–Trinajstić information content (AvgIpc) is 2.82. The zero-order valence-corrected chi connectivity index (χ0v) is 18.5. The van der Waals surface area contributed by atoms with Gasteiger partial charge in [0.25, 0.3) is 5.91 Å². The molecule has 0 heterocycles. The number of thiol groups is 1. The Labute approximate surface area is 197 Å². The zero-order valence-electron chi connectivity index (χ0n) is 17.6. The van der Waals surface area contributed by atoms with Crippen molar-refractivity contribution in [2.45, 2.75) is 6.61 Å². The van der Waals surface area contributed by atoms with Crippen molar-refractivity contribution in [2.75, 3.05) is 22.6 Å². The molecule has 0 saturated heterocycles. The third-order valence-electron chi connectivity index (χ3n) is 4.86. The van der Waals surface area contributed by atoms with Crippen LogP contribution in [-0.4, -0.2) is 23.8 Å². The van der Waals surface area contributed by atoms with Crippen molar-refractivity contribution in [3.05, 3.63) is 76.9 Å². The Hall–Kier alpha value is -3.77. The lowest BCUT2D eigenvalue weighted by Gasteiger charge is -2.22. The van der Waals surface area contributed by atoms with E-state index in [2.05, 4.69) is 23.6 Å². The number of anilines is 3. The van der Waals surface area contributed by atoms with Gasteiger partial charge in [0, 0.05) is 24.2 Å². The van der Waals surface area contributed by atoms with Gasteiger partial charge in [0.1, 0.15) is 17.3 Å². The van der Waals surface area contributed by atoms with E-state index >= 15 is 8.78 Å². The van der Waals surface area contributed by atoms with Crippen LogP contribution in [0.25, 0.3) is 11.1 Å². The van der Waals surface area contributed by atoms with Crippen LogP contribution in [0.15, 0.2) is 42.5 Å². The Kier molecular flexibility index (Phi) is 7.32. The minimum absolute atomic E-state index is 0.102. The van der Waals surface area contributed by atoms with Gasteiger partial charge in [-0.25, -0.2) is 22.0 Å². The molecule has 3 aromatic rings. The Morgan fingerprint density at radius 2 is 1.82 bits per heavy atom. The summed E-state index contributed by atoms with van der Waals surface area (Å²) in [5, 5.41) is 19.2. The van der Waals surface area contributed by atoms with Crippen LogP contribution in [0.2, 0.25) is 0 Å². The molecule has 0 saturated carbocycles. The topological polar surface area (TPSA) is 114 Å². The molecule has 0 unspecified atom stereocenters. The number of nitrogen functional groups attached to an aromatic ring is 1. The summed E-state index contributed by atoms with van der Waals surface area (Å²) < 4.78 is 59.6. The van der Waals surface area contributed by atoms with Gasteiger partial charge in [-0.3, -0.25) is 15.6 Å². The smallest absolute Gasteiger partial charge is 0.269 e. The van der Waals surface area contributed by atoms with Crippen LogP contribution in [-0.2, 0) is 11.4 Å². The van der Waals surface area contributed by atoms with E-state index in [0.717, 1.165) is 40.8 Å². The highest BCUT2D eigenvalue weighted by molar-refractivity contribution is 7.81. The predicted molar refractivity (Wildman–Crippen MR) is 124 cm³/mol. The van der Waals surface area contributed by atoms with Crippen LogP contribution in [0, 0.1) is 28.7 Å². The van der Waals surface area contributed by atoms with Crippen molar-refractivity contribution in [1.29, 1.82) is 5.41 Å². The number of likely N-dealkylation sites (N-methyl/N-ethyl adjacent to an activating group) is 1. The van der Waals surface area contributed by atoms with Gasteiger partial charge in [0.15, 0.2) is 11.6 Å². The van der Waals surface area contributed by atoms with Crippen molar-refractivity contribution in [2.24, 2.45) is 0 Å². The number of nitrogens with two attached hydrogens (primary N) is 1. The molecular weight excluding hydrogens is 474 g/mol. The third-order valence-corrected chi connectivity index (χ3v) is 5.19. The van der Waals surface area contributed by atoms with Gasteiger partial charge in [-0.2, -0.15) is 0 Å². The van der Waals surface area contributed by atoms with Crippen LogP contribution < -0.4 is 20.9 Å². The van der Waals surface area contributed by atoms with Crippen molar-refractivity contribution < 1.29 is 27.5 Å². The standard InChI is InChI=1S/C22H19F4N5O2S/c1-29-22(33)21(28)14-3-2-13(18(25)20(14)27)17-15(24)4-5-16(19(17)26)30-31(34)12-7-10(9-32)6-11(23)8-12/h2-8,28,30,32,34H,9,27H2,1H3,(H,29,33). The summed E-state index contributed by atoms with van der Waals surface area (Å²) in [5.74, 6) is -5.03. The number of aliphatic hydroxyl groups is 1. The lowest BCUT2D eigenvalue weighted by atomic mass is 9.97. The summed E-state index contributed by atoms with van der Waals surface area (Å²) in [4.78, 5) is 11.7. The minimum Gasteiger partial charge on any atom is -0.396 e. The first-order valence-corrected chi connectivity index (χ1v) is 10.0. The van der Waals surface area contributed by atoms with E-state index in [1.54, 1.807) is 0 Å². The number of rotatable bonds is 7. The number of benzene rings is 3. The molecule has 0 aromatic heterocycles. The normalized spacial score (nSPS) is 10.7. The number of hydrogen-bond acceptors (Lipinski definition) is 7. The lowest BCUT2D eigenvalue weighted by Crippen LogP contribution is -2.28. The molecule has 34 heavy (non-hydrogen) atoms. The fourth-order valence-electron chi connectivity index (χ4n) is 3.16. The maximum Gasteiger partial charge on any atom is 0.269 e. The van der Waals surface area contributed by atoms with Gasteiger partial charge < -0.3 is 16.2 Å². The molecule has 3 rings (SSSR count). The second kappa shape index (κ2) is 10.0. The van der Waals surface area contributed by atoms with Gasteiger partial charge in [0.2, 0.25) is 0 Å². The molecule has 7 nitrogen and oxygen atoms in total. The number of hydrazine groups is 1. The number of carbonyl (C=O) groups is 1. The third kappa shape index (κ3) is 4.77. The Bertz CT molecular complexity index is 1290. The van der Waals surface area contributed by atoms with E-state index in [1.165, 1.54) is 13.1 Å². The molecule has 0 aliphatic heterocycles. The van der Waals surface area contributed by atoms with Crippen molar-refractivity contribution in [3.63, 3.8) is 0 Å². The number of nitrogens with zero attached hydrogens (tertiary/aromatic N) is 1. The number of halogens is 4. The number of carbonyl (C=O) groups excluding carboxylic acids is 1. The SMILES string of the molecule is CNC(=O)C(=N)c1ccc(-c2c(F)ccc(NN(S)c3cc(F)cc(CO)c3)c2F)c(F)c1N. The fraction of sp³-hybridized carbons (Fsp3) is 0.0909. The van der Waals surface area contributed by atoms with Gasteiger partial charge >= 0.3 is 0 Å². The number of amides is 1. The second-order valence-electron chi connectivity index (χ2n) is 7.03. The van der Waals surface area contributed by atoms with Gasteiger partial charge in [-0.15, -0.1) is 0 Å². The number of nitrogens with one attached hydrogen (secondary N) is 3. The van der Waals surface area contributed by atoms with Crippen molar-refractivity contribution in [3.8, 4) is 11.1 Å². The van der Waals surface area contributed by atoms with E-state index in [0.29, 0.717) is 0 Å². The lowest BCUT2D eigenvalue weighted by molar-refractivity contribution is -0.114. The number of aliphatic hydroxyl groups excluding tert-OH is 1. The Balaban J connectivity index is 2.02. The molecule has 12 heteroatoms. The molecule has 0 atom stereocenters. The first kappa shape index (κ1) is 24.9. The summed E-state index contributed by atoms with van der Waals surface area (Å²) >= 11 is 4.12. The van der Waals surface area contributed by atoms with Gasteiger partial charge in [0.05, 0.1) is 29.2 Å². The van der Waals surface area contributed by atoms with Gasteiger partial charge in [-0.1, -0.05) is 6.07 Å². The molecule has 0 aliphatic rings. The van der Waals surface area contributed by atoms with E-state index in [-0.39, 0.29) is 22.5 Å². The largest absolute Gasteiger partial charge is 0.396 e. The summed E-state index contributed by atoms with van der Waals surface area (Å²) in [5.41, 5.74) is 5.42. The molecule has 1 amide bonds. The molecule has 0 aliphatic carbocycles. The first-order chi connectivity index (χ1) is 16.1. The fourth-order valence-corrected chi connectivity index (χ4v) is 3.39. The van der Waals surface area contributed by atoms with E-state index in [9.17, 15) is 18.7 Å². The molecule has 6 N–H and O–H groups in total. The molecule has 0 spiro atoms. The van der Waals surface area contributed by atoms with Crippen LogP contribution in [0.4, 0.5) is 34.6 Å².